The van der Waals surface area contributed by atoms with Crippen LogP contribution in [0.1, 0.15) is 31.5 Å². The maximum Gasteiger partial charge on any atom is 0.243 e. The molecule has 0 bridgehead atoms. The lowest BCUT2D eigenvalue weighted by atomic mass is 10.2. The number of rotatable bonds is 3. The quantitative estimate of drug-likeness (QED) is 0.617. The molecule has 0 saturated heterocycles. The van der Waals surface area contributed by atoms with Gasteiger partial charge in [0.05, 0.1) is 4.92 Å². The number of allylic oxidation sites excluding steroid dienone is 1. The van der Waals surface area contributed by atoms with Gasteiger partial charge in [-0.1, -0.05) is 6.07 Å². The number of nitro groups is 1. The summed E-state index contributed by atoms with van der Waals surface area (Å²) in [6.45, 7) is 2.74. The summed E-state index contributed by atoms with van der Waals surface area (Å²) in [5, 5.41) is 10.5. The summed E-state index contributed by atoms with van der Waals surface area (Å²) < 4.78 is 18.2. The smallest absolute Gasteiger partial charge is 0.243 e. The fourth-order valence-electron chi connectivity index (χ4n) is 1.52. The van der Waals surface area contributed by atoms with Crippen LogP contribution in [0.25, 0.3) is 17.2 Å². The van der Waals surface area contributed by atoms with Gasteiger partial charge in [-0.05, 0) is 24.6 Å². The Morgan fingerprint density at radius 3 is 2.94 bits per heavy atom. The maximum absolute atomic E-state index is 13.0. The number of hydrogen-bond acceptors (Lipinski definition) is 4. The highest BCUT2D eigenvalue weighted by atomic mass is 19.1. The average molecular weight is 250 g/mol. The lowest BCUT2D eigenvalue weighted by Crippen LogP contribution is -1.92. The maximum atomic E-state index is 13.0. The van der Waals surface area contributed by atoms with Crippen molar-refractivity contribution >= 4 is 17.2 Å². The number of oxazole rings is 1. The van der Waals surface area contributed by atoms with E-state index in [1.54, 1.807) is 18.2 Å². The predicted octanol–water partition coefficient (Wildman–Crippen LogP) is 3.50. The van der Waals surface area contributed by atoms with Gasteiger partial charge in [0.1, 0.15) is 5.52 Å². The van der Waals surface area contributed by atoms with Gasteiger partial charge >= 0.3 is 0 Å². The van der Waals surface area contributed by atoms with Crippen LogP contribution in [0.3, 0.4) is 0 Å². The van der Waals surface area contributed by atoms with E-state index in [2.05, 4.69) is 4.98 Å². The van der Waals surface area contributed by atoms with Crippen molar-refractivity contribution in [2.75, 3.05) is 0 Å². The van der Waals surface area contributed by atoms with Crippen molar-refractivity contribution in [2.24, 2.45) is 0 Å². The number of fused-ring (bicyclic) bond motifs is 1. The van der Waals surface area contributed by atoms with E-state index in [4.69, 9.17) is 4.42 Å². The van der Waals surface area contributed by atoms with Crippen LogP contribution in [-0.4, -0.2) is 9.91 Å². The van der Waals surface area contributed by atoms with E-state index in [-0.39, 0.29) is 11.6 Å². The number of hydrogen-bond donors (Lipinski definition) is 0. The van der Waals surface area contributed by atoms with Crippen LogP contribution in [0.4, 0.5) is 4.39 Å². The van der Waals surface area contributed by atoms with Crippen molar-refractivity contribution in [1.29, 1.82) is 0 Å². The zero-order chi connectivity index (χ0) is 13.3. The third-order valence-electron chi connectivity index (χ3n) is 2.43. The molecule has 1 aromatic heterocycles. The van der Waals surface area contributed by atoms with Crippen LogP contribution in [-0.2, 0) is 0 Å². The van der Waals surface area contributed by atoms with E-state index in [1.807, 2.05) is 0 Å². The van der Waals surface area contributed by atoms with Gasteiger partial charge in [0.25, 0.3) is 0 Å². The molecule has 0 aliphatic rings. The second-order valence-electron chi connectivity index (χ2n) is 3.94. The third-order valence-corrected chi connectivity index (χ3v) is 2.43. The van der Waals surface area contributed by atoms with Crippen LogP contribution >= 0.6 is 0 Å². The van der Waals surface area contributed by atoms with Gasteiger partial charge in [0, 0.05) is 13.0 Å². The molecule has 0 aliphatic carbocycles. The summed E-state index contributed by atoms with van der Waals surface area (Å²) in [5.41, 5.74) is 1.60. The van der Waals surface area contributed by atoms with Gasteiger partial charge in [-0.15, -0.1) is 0 Å². The number of alkyl halides is 1. The summed E-state index contributed by atoms with van der Waals surface area (Å²) >= 11 is 0. The molecule has 0 amide bonds. The molecule has 0 spiro atoms. The summed E-state index contributed by atoms with van der Waals surface area (Å²) in [5.74, 6) is 0.0112. The Morgan fingerprint density at radius 2 is 2.33 bits per heavy atom. The van der Waals surface area contributed by atoms with Crippen molar-refractivity contribution in [2.45, 2.75) is 20.0 Å². The van der Waals surface area contributed by atoms with Crippen molar-refractivity contribution in [3.63, 3.8) is 0 Å². The second kappa shape index (κ2) is 4.56. The normalized spacial score (nSPS) is 13.8. The van der Waals surface area contributed by atoms with E-state index >= 15 is 0 Å². The first-order chi connectivity index (χ1) is 8.47. The highest BCUT2D eigenvalue weighted by Gasteiger charge is 2.12. The largest absolute Gasteiger partial charge is 0.437 e. The van der Waals surface area contributed by atoms with E-state index in [1.165, 1.54) is 19.9 Å². The highest BCUT2D eigenvalue weighted by Crippen LogP contribution is 2.23. The zero-order valence-electron chi connectivity index (χ0n) is 9.88. The van der Waals surface area contributed by atoms with Crippen LogP contribution < -0.4 is 0 Å². The molecule has 2 aromatic rings. The summed E-state index contributed by atoms with van der Waals surface area (Å²) in [4.78, 5) is 14.0. The monoisotopic (exact) mass is 250 g/mol. The molecular weight excluding hydrogens is 239 g/mol. The van der Waals surface area contributed by atoms with E-state index in [0.717, 1.165) is 0 Å². The Balaban J connectivity index is 2.44. The summed E-state index contributed by atoms with van der Waals surface area (Å²) in [7, 11) is 0. The fraction of sp³-hybridized carbons (Fsp3) is 0.250. The lowest BCUT2D eigenvalue weighted by molar-refractivity contribution is -0.422. The molecule has 1 atom stereocenters. The van der Waals surface area contributed by atoms with E-state index in [9.17, 15) is 14.5 Å². The Morgan fingerprint density at radius 1 is 1.61 bits per heavy atom. The van der Waals surface area contributed by atoms with E-state index in [0.29, 0.717) is 16.7 Å². The van der Waals surface area contributed by atoms with Gasteiger partial charge in [-0.3, -0.25) is 10.1 Å². The van der Waals surface area contributed by atoms with Crippen LogP contribution in [0, 0.1) is 10.1 Å². The van der Waals surface area contributed by atoms with Gasteiger partial charge < -0.3 is 4.42 Å². The molecule has 0 aliphatic heterocycles. The van der Waals surface area contributed by atoms with Crippen molar-refractivity contribution in [3.05, 3.63) is 45.5 Å². The average Bonchev–Trinajstić information content (AvgIpc) is 2.71. The molecule has 94 valence electrons. The summed E-state index contributed by atoms with van der Waals surface area (Å²) in [6.07, 6.45) is 0.143. The number of nitrogens with zero attached hydrogens (tertiary/aromatic N) is 2. The van der Waals surface area contributed by atoms with Crippen LogP contribution in [0.2, 0.25) is 0 Å². The van der Waals surface area contributed by atoms with Gasteiger partial charge in [-0.25, -0.2) is 9.37 Å². The Kier molecular flexibility index (Phi) is 3.10. The van der Waals surface area contributed by atoms with E-state index < -0.39 is 11.1 Å². The zero-order valence-corrected chi connectivity index (χ0v) is 9.88. The molecule has 1 aromatic carbocycles. The molecule has 0 fully saturated rings. The topological polar surface area (TPSA) is 69.2 Å². The second-order valence-corrected chi connectivity index (χ2v) is 3.94. The Labute approximate surface area is 102 Å². The van der Waals surface area contributed by atoms with Crippen molar-refractivity contribution in [1.82, 2.24) is 4.98 Å². The first kappa shape index (κ1) is 12.2. The number of benzene rings is 1. The molecule has 5 nitrogen and oxygen atoms in total. The lowest BCUT2D eigenvalue weighted by Gasteiger charge is -1.93. The predicted molar refractivity (Wildman–Crippen MR) is 64.2 cm³/mol. The van der Waals surface area contributed by atoms with Crippen molar-refractivity contribution in [3.8, 4) is 0 Å². The molecule has 1 unspecified atom stereocenters. The van der Waals surface area contributed by atoms with Gasteiger partial charge in [-0.2, -0.15) is 0 Å². The minimum absolute atomic E-state index is 0.0112. The van der Waals surface area contributed by atoms with Gasteiger partial charge in [0.15, 0.2) is 11.8 Å². The first-order valence-electron chi connectivity index (χ1n) is 5.34. The molecule has 0 saturated carbocycles. The molecule has 1 heterocycles. The van der Waals surface area contributed by atoms with Crippen LogP contribution in [0.5, 0.6) is 0 Å². The minimum atomic E-state index is -1.28. The van der Waals surface area contributed by atoms with Crippen molar-refractivity contribution < 1.29 is 13.7 Å². The molecular formula is C12H11FN2O3. The molecule has 0 N–H and O–H groups in total. The number of aromatic nitrogens is 1. The minimum Gasteiger partial charge on any atom is -0.437 e. The molecule has 6 heteroatoms. The van der Waals surface area contributed by atoms with Crippen LogP contribution in [0.15, 0.2) is 28.3 Å². The Bertz CT molecular complexity index is 631. The highest BCUT2D eigenvalue weighted by molar-refractivity contribution is 5.76. The standard InChI is InChI=1S/C12H11FN2O3/c1-7(15(16)17)5-9-3-4-11-10(6-9)14-12(18-11)8(2)13/h3-6,8H,1-2H3/b7-5+. The first-order valence-corrected chi connectivity index (χ1v) is 5.34. The molecule has 0 radical (unpaired) electrons. The fourth-order valence-corrected chi connectivity index (χ4v) is 1.52. The SMILES string of the molecule is C/C(=C\c1ccc2oc(C(C)F)nc2c1)[N+](=O)[O-]. The van der Waals surface area contributed by atoms with Gasteiger partial charge in [0.2, 0.25) is 11.6 Å². The summed E-state index contributed by atoms with van der Waals surface area (Å²) in [6, 6.07) is 4.90. The number of halogens is 1. The third kappa shape index (κ3) is 2.37. The molecule has 2 rings (SSSR count). The molecule has 18 heavy (non-hydrogen) atoms. The Hall–Kier alpha value is -2.24.